The van der Waals surface area contributed by atoms with E-state index < -0.39 is 94.1 Å². The molecule has 0 radical (unpaired) electrons. The molecule has 6 aromatic carbocycles. The van der Waals surface area contributed by atoms with Crippen LogP contribution in [0.1, 0.15) is 325 Å². The van der Waals surface area contributed by atoms with Crippen molar-refractivity contribution in [1.82, 2.24) is 20.7 Å². The molecule has 14 atom stereocenters. The van der Waals surface area contributed by atoms with Crippen molar-refractivity contribution < 1.29 is 89.4 Å². The number of carbonyl (C=O) groups excluding carboxylic acids is 8. The van der Waals surface area contributed by atoms with Crippen molar-refractivity contribution in [2.45, 2.75) is 423 Å². The number of amides is 4. The van der Waals surface area contributed by atoms with Gasteiger partial charge in [-0.3, -0.25) is 24.0 Å². The summed E-state index contributed by atoms with van der Waals surface area (Å²) in [6.07, 6.45) is 26.8. The number of Topliss-reactive ketones (excluding diaryl/α,β-unsaturated/α-hetero) is 1. The van der Waals surface area contributed by atoms with E-state index >= 15 is 0 Å². The Morgan fingerprint density at radius 2 is 0.890 bits per heavy atom. The maximum atomic E-state index is 13.4. The van der Waals surface area contributed by atoms with Crippen LogP contribution in [0.2, 0.25) is 0 Å². The van der Waals surface area contributed by atoms with Crippen LogP contribution in [0.4, 0.5) is 5.69 Å². The summed E-state index contributed by atoms with van der Waals surface area (Å²) in [6, 6.07) is 38.1. The molecule has 0 saturated heterocycles. The molecule has 0 heterocycles. The third-order valence-corrected chi connectivity index (χ3v) is 29.5. The van der Waals surface area contributed by atoms with Crippen LogP contribution in [-0.2, 0) is 88.1 Å². The molecule has 0 bridgehead atoms. The fourth-order valence-corrected chi connectivity index (χ4v) is 21.3. The molecule has 4 aliphatic carbocycles. The van der Waals surface area contributed by atoms with Gasteiger partial charge in [0, 0.05) is 60.7 Å². The van der Waals surface area contributed by atoms with Crippen molar-refractivity contribution in [3.8, 4) is 5.75 Å². The minimum Gasteiger partial charge on any atom is -0.497 e. The van der Waals surface area contributed by atoms with Gasteiger partial charge >= 0.3 is 17.9 Å². The average molecular weight is 2070 g/mol. The zero-order valence-corrected chi connectivity index (χ0v) is 92.8. The number of ether oxygens (including phenoxy) is 9. The van der Waals surface area contributed by atoms with Crippen LogP contribution < -0.4 is 59.4 Å². The van der Waals surface area contributed by atoms with Gasteiger partial charge in [0.1, 0.15) is 30.5 Å². The number of nitrogens with two attached hydrogens (primary N) is 5. The lowest BCUT2D eigenvalue weighted by molar-refractivity contribution is -0.151. The number of unbranched alkanes of at least 4 members (excludes halogenated alkanes) is 2. The fraction of sp³-hybridized carbons (Fsp3) is 0.652. The van der Waals surface area contributed by atoms with Crippen molar-refractivity contribution in [2.75, 3.05) is 45.0 Å². The number of benzene rings is 6. The Balaban J connectivity index is 0.000000282. The Morgan fingerprint density at radius 1 is 0.452 bits per heavy atom. The van der Waals surface area contributed by atoms with Gasteiger partial charge in [-0.25, -0.2) is 27.5 Å². The maximum absolute atomic E-state index is 13.4. The molecule has 0 aromatic heterocycles. The molecule has 4 saturated carbocycles. The number of methoxy groups -OCH3 is 2. The van der Waals surface area contributed by atoms with Gasteiger partial charge in [-0.15, -0.1) is 0 Å². The van der Waals surface area contributed by atoms with Crippen molar-refractivity contribution in [3.05, 3.63) is 150 Å². The van der Waals surface area contributed by atoms with Crippen LogP contribution in [0.15, 0.2) is 138 Å². The van der Waals surface area contributed by atoms with E-state index in [-0.39, 0.29) is 95.3 Å². The molecule has 0 spiro atoms. The third kappa shape index (κ3) is 46.5. The van der Waals surface area contributed by atoms with Crippen LogP contribution in [-0.4, -0.2) is 203 Å². The number of ketones is 1. The monoisotopic (exact) mass is 2070 g/mol. The van der Waals surface area contributed by atoms with Crippen molar-refractivity contribution >= 4 is 96.3 Å². The van der Waals surface area contributed by atoms with Crippen molar-refractivity contribution in [3.63, 3.8) is 0 Å². The molecule has 31 heteroatoms. The number of anilines is 1. The van der Waals surface area contributed by atoms with Crippen LogP contribution in [0.25, 0.3) is 21.5 Å². The van der Waals surface area contributed by atoms with E-state index in [2.05, 4.69) is 80.1 Å². The summed E-state index contributed by atoms with van der Waals surface area (Å²) >= 11 is 1.67. The number of hydrogen-bond acceptors (Lipinski definition) is 25. The Hall–Kier alpha value is -8.54. The first-order valence-electron chi connectivity index (χ1n) is 54.0. The number of sulfonamides is 1. The molecule has 4 amide bonds. The Morgan fingerprint density at radius 3 is 1.37 bits per heavy atom. The third-order valence-electron chi connectivity index (χ3n) is 26.8. The highest BCUT2D eigenvalue weighted by Crippen LogP contribution is 2.36. The smallest absolute Gasteiger partial charge is 0.337 e. The topological polar surface area (TPSA) is 444 Å². The normalized spacial score (nSPS) is 17.5. The zero-order chi connectivity index (χ0) is 108. The van der Waals surface area contributed by atoms with Gasteiger partial charge in [0.25, 0.3) is 23.6 Å². The van der Waals surface area contributed by atoms with Gasteiger partial charge in [0.15, 0.2) is 30.2 Å². The van der Waals surface area contributed by atoms with Crippen LogP contribution in [0, 0.1) is 23.7 Å². The predicted molar refractivity (Wildman–Crippen MR) is 586 cm³/mol. The van der Waals surface area contributed by atoms with E-state index in [1.165, 1.54) is 139 Å². The Kier molecular flexibility index (Phi) is 57.8. The Bertz CT molecular complexity index is 4940. The van der Waals surface area contributed by atoms with Crippen LogP contribution in [0.5, 0.6) is 5.75 Å². The van der Waals surface area contributed by atoms with Crippen LogP contribution in [0.3, 0.4) is 0 Å². The maximum Gasteiger partial charge on any atom is 0.337 e. The number of hydrogen-bond donors (Lipinski definition) is 10. The zero-order valence-electron chi connectivity index (χ0n) is 91.2. The number of carbonyl (C=O) groups is 8. The molecule has 4 aliphatic rings. The first-order chi connectivity index (χ1) is 69.4. The molecule has 4 fully saturated rings. The minimum atomic E-state index is -3.55. The summed E-state index contributed by atoms with van der Waals surface area (Å²) in [5, 5.41) is 15.6. The second kappa shape index (κ2) is 66.9. The predicted octanol–water partition coefficient (Wildman–Crippen LogP) is 19.0. The standard InChI is InChI=1S/C28H43N3O4S.C27H39NO2.C25H38N2O6.C20H32N2O3.C15H30N2O4S/c1-21(2)35-27(26(29)19-22-11-5-3-6-12-22)28(32)30-17-9-4-10-18-31-36(33,34)25-16-15-23-13-7-8-14-24(23)20-25;1-19(22-16-10-14-21-13-8-9-15-23(21)22)17-25(29)26(30-27(2,3)4)24(28)18-20-11-6-5-7-12-20;1-16(2)33-22(21(26)14-18-8-6-5-7-9-18)23(28)27-17(3)24(29)32-15-19-10-12-20(13-11-19)25(30)31-4;1-14(2)25-19(18(21)12-15-8-5-4-6-9-15)20(23)22-16-10-7-11-17(13-16)24-3;1-7-20-15(19)10(5)17-14(18)13(21-9(3)4)12(16)11(6)22-8-2/h7-8,13-16,20-22,26-27,31H,3-6,9-12,17-19,29H2,1-2H3,(H,30,32);8-10,13-16,19-20,24,26H,5-7,11-12,17-18,28H2,1-4H3;10-13,16-18,21-22H,5-9,14-15,26H2,1-4H3,(H,27,28);7,10-11,13-15,18-19H,4-6,8-9,12,21H2,1-3H3,(H,22,23);9-13H,7-8,16H2,1-6H3,(H,17,18)/t;19?,24-,26?;;;10-,11?,12+,13?/m.1..1/s1. The summed E-state index contributed by atoms with van der Waals surface area (Å²) in [5.41, 5.74) is 34.7. The van der Waals surface area contributed by atoms with Crippen molar-refractivity contribution in [2.24, 2.45) is 52.3 Å². The number of rotatable bonds is 51. The van der Waals surface area contributed by atoms with Crippen molar-refractivity contribution in [1.29, 1.82) is 0 Å². The minimum absolute atomic E-state index is 0.0214. The lowest BCUT2D eigenvalue weighted by atomic mass is 9.82. The molecule has 818 valence electrons. The first-order valence-corrected chi connectivity index (χ1v) is 56.5. The highest BCUT2D eigenvalue weighted by Gasteiger charge is 2.39. The average Bonchev–Trinajstić information content (AvgIpc) is 0.810. The fourth-order valence-electron chi connectivity index (χ4n) is 19.3. The molecule has 0 aliphatic heterocycles. The van der Waals surface area contributed by atoms with E-state index in [4.69, 9.17) is 66.6 Å². The number of esters is 3. The summed E-state index contributed by atoms with van der Waals surface area (Å²) in [6.45, 7) is 33.3. The highest BCUT2D eigenvalue weighted by atomic mass is 32.2. The van der Waals surface area contributed by atoms with Gasteiger partial charge in [-0.2, -0.15) is 11.8 Å². The van der Waals surface area contributed by atoms with E-state index in [0.29, 0.717) is 72.2 Å². The van der Waals surface area contributed by atoms with Gasteiger partial charge < -0.3 is 92.6 Å². The molecule has 29 nitrogen and oxygen atoms in total. The largest absolute Gasteiger partial charge is 0.497 e. The van der Waals surface area contributed by atoms with Crippen LogP contribution >= 0.6 is 11.8 Å². The summed E-state index contributed by atoms with van der Waals surface area (Å²) in [5.74, 6) is 1.59. The molecule has 146 heavy (non-hydrogen) atoms. The summed E-state index contributed by atoms with van der Waals surface area (Å²) in [7, 11) is -0.637. The second-order valence-electron chi connectivity index (χ2n) is 42.1. The lowest BCUT2D eigenvalue weighted by Crippen LogP contribution is -2.55. The molecule has 15 N–H and O–H groups in total. The second-order valence-corrected chi connectivity index (χ2v) is 45.5. The van der Waals surface area contributed by atoms with Gasteiger partial charge in [-0.1, -0.05) is 247 Å². The lowest BCUT2D eigenvalue weighted by Gasteiger charge is -2.33. The van der Waals surface area contributed by atoms with E-state index in [9.17, 15) is 46.8 Å². The van der Waals surface area contributed by atoms with E-state index in [1.807, 2.05) is 139 Å². The number of thioether (sulfide) groups is 1. The molecular weight excluding hydrogens is 1890 g/mol. The Labute approximate surface area is 877 Å². The molecule has 11 unspecified atom stereocenters. The number of fused-ring (bicyclic) bond motifs is 2. The SMILES string of the molecule is CC(C)OC(C(=O)NCCCCCNS(=O)(=O)c1ccc2ccccc2c1)C(N)CC1CCCCC1.CC(CC(=O)C(OC(C)(C)C)[C@H](N)CC1CCCCC1)c1cccc2ccccc12.CCOC(=O)[C@@H](C)NC(=O)C(OC(C)C)[C@@H](N)C(C)SCC.COC(=O)c1ccc(COC(=O)C(C)NC(=O)C(OC(C)C)C(N)CC2CCCCC2)cc1.COc1cccc(NC(=O)C(OC(C)C)C(N)CC2CCCCC2)c1. The first kappa shape index (κ1) is 126. The quantitative estimate of drug-likeness (QED) is 0.00963. The van der Waals surface area contributed by atoms with Gasteiger partial charge in [0.05, 0.1) is 67.3 Å². The van der Waals surface area contributed by atoms with E-state index in [1.54, 1.807) is 82.1 Å². The summed E-state index contributed by atoms with van der Waals surface area (Å²) < 4.78 is 77.6. The highest BCUT2D eigenvalue weighted by molar-refractivity contribution is 7.99. The van der Waals surface area contributed by atoms with Gasteiger partial charge in [-0.05, 0) is 240 Å². The van der Waals surface area contributed by atoms with E-state index in [0.717, 1.165) is 67.9 Å². The molecule has 6 aromatic rings. The van der Waals surface area contributed by atoms with Gasteiger partial charge in [0.2, 0.25) is 10.0 Å². The molecular formula is C115H182N10O19S2. The number of nitrogens with one attached hydrogen (secondary N) is 5. The molecule has 10 rings (SSSR count). The summed E-state index contributed by atoms with van der Waals surface area (Å²) in [4.78, 5) is 100.